The summed E-state index contributed by atoms with van der Waals surface area (Å²) in [4.78, 5) is 18.7. The van der Waals surface area contributed by atoms with Gasteiger partial charge < -0.3 is 14.2 Å². The molecule has 0 radical (unpaired) electrons. The van der Waals surface area contributed by atoms with Crippen molar-refractivity contribution in [2.75, 3.05) is 19.7 Å². The number of rotatable bonds is 3. The van der Waals surface area contributed by atoms with Crippen LogP contribution >= 0.6 is 0 Å². The number of nitrogens with zero attached hydrogens (tertiary/aromatic N) is 3. The molecule has 1 atom stereocenters. The van der Waals surface area contributed by atoms with E-state index in [1.165, 1.54) is 36.4 Å². The van der Waals surface area contributed by atoms with Crippen LogP contribution < -0.4 is 0 Å². The van der Waals surface area contributed by atoms with E-state index in [1.54, 1.807) is 27.9 Å². The van der Waals surface area contributed by atoms with Gasteiger partial charge in [0.05, 0.1) is 25.2 Å². The van der Waals surface area contributed by atoms with Crippen molar-refractivity contribution in [1.82, 2.24) is 14.5 Å². The van der Waals surface area contributed by atoms with Crippen LogP contribution in [0.25, 0.3) is 5.69 Å². The van der Waals surface area contributed by atoms with Gasteiger partial charge in [0.1, 0.15) is 17.7 Å². The third kappa shape index (κ3) is 3.73. The van der Waals surface area contributed by atoms with Gasteiger partial charge in [-0.2, -0.15) is 0 Å². The predicted molar refractivity (Wildman–Crippen MR) is 94.5 cm³/mol. The molecule has 0 N–H and O–H groups in total. The van der Waals surface area contributed by atoms with Crippen LogP contribution in [0.1, 0.15) is 22.2 Å². The number of hydrogen-bond acceptors (Lipinski definition) is 3. The lowest BCUT2D eigenvalue weighted by atomic mass is 10.1. The average molecular weight is 369 g/mol. The second kappa shape index (κ2) is 7.28. The SMILES string of the molecule is O=C(c1ccc(F)cc1)N1CCOC(c2cn(-c3ccc(F)cc3)cn2)C1. The Bertz CT molecular complexity index is 939. The van der Waals surface area contributed by atoms with Gasteiger partial charge in [-0.1, -0.05) is 0 Å². The Morgan fingerprint density at radius 3 is 2.41 bits per heavy atom. The molecule has 138 valence electrons. The number of ether oxygens (including phenoxy) is 1. The van der Waals surface area contributed by atoms with E-state index in [4.69, 9.17) is 4.74 Å². The Hall–Kier alpha value is -3.06. The van der Waals surface area contributed by atoms with Crippen molar-refractivity contribution < 1.29 is 18.3 Å². The molecule has 7 heteroatoms. The van der Waals surface area contributed by atoms with E-state index in [1.807, 2.05) is 6.20 Å². The van der Waals surface area contributed by atoms with Crippen LogP contribution in [0.15, 0.2) is 61.1 Å². The quantitative estimate of drug-likeness (QED) is 0.711. The van der Waals surface area contributed by atoms with Crippen molar-refractivity contribution in [3.8, 4) is 5.69 Å². The Kier molecular flexibility index (Phi) is 4.68. The largest absolute Gasteiger partial charge is 0.368 e. The normalized spacial score (nSPS) is 17.1. The second-order valence-corrected chi connectivity index (χ2v) is 6.30. The minimum Gasteiger partial charge on any atom is -0.368 e. The molecule has 4 rings (SSSR count). The highest BCUT2D eigenvalue weighted by Gasteiger charge is 2.27. The summed E-state index contributed by atoms with van der Waals surface area (Å²) < 4.78 is 33.7. The zero-order valence-electron chi connectivity index (χ0n) is 14.4. The van der Waals surface area contributed by atoms with Gasteiger partial charge in [0.2, 0.25) is 0 Å². The van der Waals surface area contributed by atoms with Gasteiger partial charge in [0, 0.05) is 24.0 Å². The summed E-state index contributed by atoms with van der Waals surface area (Å²) in [5.41, 5.74) is 1.91. The van der Waals surface area contributed by atoms with Crippen molar-refractivity contribution in [3.63, 3.8) is 0 Å². The van der Waals surface area contributed by atoms with Crippen molar-refractivity contribution in [3.05, 3.63) is 83.9 Å². The first kappa shape index (κ1) is 17.4. The Morgan fingerprint density at radius 1 is 1.04 bits per heavy atom. The van der Waals surface area contributed by atoms with Crippen LogP contribution in [0.4, 0.5) is 8.78 Å². The highest BCUT2D eigenvalue weighted by atomic mass is 19.1. The fraction of sp³-hybridized carbons (Fsp3) is 0.200. The third-order valence-corrected chi connectivity index (χ3v) is 4.50. The van der Waals surface area contributed by atoms with Crippen LogP contribution in [-0.2, 0) is 4.74 Å². The first-order valence-electron chi connectivity index (χ1n) is 8.56. The lowest BCUT2D eigenvalue weighted by Crippen LogP contribution is -2.42. The summed E-state index contributed by atoms with van der Waals surface area (Å²) in [5.74, 6) is -0.844. The molecule has 0 spiro atoms. The highest BCUT2D eigenvalue weighted by molar-refractivity contribution is 5.94. The van der Waals surface area contributed by atoms with E-state index in [0.29, 0.717) is 31.0 Å². The zero-order valence-corrected chi connectivity index (χ0v) is 14.4. The Morgan fingerprint density at radius 2 is 1.70 bits per heavy atom. The molecule has 2 aromatic carbocycles. The molecular weight excluding hydrogens is 352 g/mol. The lowest BCUT2D eigenvalue weighted by Gasteiger charge is -2.32. The maximum Gasteiger partial charge on any atom is 0.254 e. The summed E-state index contributed by atoms with van der Waals surface area (Å²) in [5, 5.41) is 0. The Balaban J connectivity index is 1.49. The van der Waals surface area contributed by atoms with E-state index in [-0.39, 0.29) is 23.6 Å². The third-order valence-electron chi connectivity index (χ3n) is 4.50. The predicted octanol–water partition coefficient (Wildman–Crippen LogP) is 3.36. The number of imidazole rings is 1. The molecule has 0 saturated carbocycles. The lowest BCUT2D eigenvalue weighted by molar-refractivity contribution is -0.0245. The standard InChI is InChI=1S/C20H17F2N3O2/c21-15-3-1-14(2-4-15)20(26)24-9-10-27-19(12-24)18-11-25(13-23-18)17-7-5-16(22)6-8-17/h1-8,11,13,19H,9-10,12H2. The first-order valence-corrected chi connectivity index (χ1v) is 8.56. The molecule has 3 aromatic rings. The molecule has 2 heterocycles. The van der Waals surface area contributed by atoms with Crippen molar-refractivity contribution >= 4 is 5.91 Å². The number of carbonyl (C=O) groups is 1. The Labute approximate surface area is 154 Å². The number of halogens is 2. The van der Waals surface area contributed by atoms with Crippen LogP contribution in [0.5, 0.6) is 0 Å². The van der Waals surface area contributed by atoms with Gasteiger partial charge in [-0.25, -0.2) is 13.8 Å². The van der Waals surface area contributed by atoms with Crippen LogP contribution in [0.3, 0.4) is 0 Å². The summed E-state index contributed by atoms with van der Waals surface area (Å²) in [6.45, 7) is 1.21. The molecule has 1 unspecified atom stereocenters. The van der Waals surface area contributed by atoms with E-state index in [2.05, 4.69) is 4.98 Å². The summed E-state index contributed by atoms with van der Waals surface area (Å²) in [7, 11) is 0. The van der Waals surface area contributed by atoms with Crippen LogP contribution in [-0.4, -0.2) is 40.1 Å². The van der Waals surface area contributed by atoms with E-state index < -0.39 is 0 Å². The molecule has 1 fully saturated rings. The molecule has 27 heavy (non-hydrogen) atoms. The molecule has 1 saturated heterocycles. The number of benzene rings is 2. The fourth-order valence-electron chi connectivity index (χ4n) is 3.05. The molecule has 5 nitrogen and oxygen atoms in total. The number of morpholine rings is 1. The maximum atomic E-state index is 13.1. The minimum absolute atomic E-state index is 0.165. The molecule has 1 aromatic heterocycles. The number of carbonyl (C=O) groups excluding carboxylic acids is 1. The average Bonchev–Trinajstić information content (AvgIpc) is 3.19. The second-order valence-electron chi connectivity index (χ2n) is 6.30. The van der Waals surface area contributed by atoms with Crippen molar-refractivity contribution in [1.29, 1.82) is 0 Å². The molecule has 0 bridgehead atoms. The van der Waals surface area contributed by atoms with Crippen LogP contribution in [0.2, 0.25) is 0 Å². The summed E-state index contributed by atoms with van der Waals surface area (Å²) in [6.07, 6.45) is 3.08. The van der Waals surface area contributed by atoms with Gasteiger partial charge in [-0.15, -0.1) is 0 Å². The monoisotopic (exact) mass is 369 g/mol. The topological polar surface area (TPSA) is 47.4 Å². The molecule has 1 aliphatic rings. The van der Waals surface area contributed by atoms with Crippen LogP contribution in [0, 0.1) is 11.6 Å². The molecular formula is C20H17F2N3O2. The number of hydrogen-bond donors (Lipinski definition) is 0. The summed E-state index contributed by atoms with van der Waals surface area (Å²) in [6, 6.07) is 11.6. The molecule has 0 aliphatic carbocycles. The minimum atomic E-state index is -0.377. The molecule has 1 amide bonds. The smallest absolute Gasteiger partial charge is 0.254 e. The number of aromatic nitrogens is 2. The van der Waals surface area contributed by atoms with Crippen molar-refractivity contribution in [2.24, 2.45) is 0 Å². The van der Waals surface area contributed by atoms with E-state index in [0.717, 1.165) is 5.69 Å². The first-order chi connectivity index (χ1) is 13.1. The van der Waals surface area contributed by atoms with Gasteiger partial charge in [0.15, 0.2) is 0 Å². The van der Waals surface area contributed by atoms with E-state index in [9.17, 15) is 13.6 Å². The zero-order chi connectivity index (χ0) is 18.8. The summed E-state index contributed by atoms with van der Waals surface area (Å²) >= 11 is 0. The van der Waals surface area contributed by atoms with E-state index >= 15 is 0 Å². The van der Waals surface area contributed by atoms with Gasteiger partial charge in [-0.05, 0) is 48.5 Å². The fourth-order valence-corrected chi connectivity index (χ4v) is 3.05. The van der Waals surface area contributed by atoms with Gasteiger partial charge >= 0.3 is 0 Å². The van der Waals surface area contributed by atoms with Gasteiger partial charge in [0.25, 0.3) is 5.91 Å². The van der Waals surface area contributed by atoms with Gasteiger partial charge in [-0.3, -0.25) is 4.79 Å². The maximum absolute atomic E-state index is 13.1. The molecule has 1 aliphatic heterocycles. The highest BCUT2D eigenvalue weighted by Crippen LogP contribution is 2.23. The van der Waals surface area contributed by atoms with Crippen molar-refractivity contribution in [2.45, 2.75) is 6.10 Å². The number of amides is 1.